The Morgan fingerprint density at radius 1 is 1.45 bits per heavy atom. The number of amides is 1. The molecule has 3 N–H and O–H groups in total. The Bertz CT molecular complexity index is 490. The first-order valence-corrected chi connectivity index (χ1v) is 7.37. The van der Waals surface area contributed by atoms with Crippen molar-refractivity contribution in [2.75, 3.05) is 19.8 Å². The van der Waals surface area contributed by atoms with Crippen molar-refractivity contribution in [1.82, 2.24) is 5.32 Å². The molecule has 6 heteroatoms. The number of hydrogen-bond donors (Lipinski definition) is 2. The lowest BCUT2D eigenvalue weighted by molar-refractivity contribution is -0.136. The third-order valence-corrected chi connectivity index (χ3v) is 4.26. The molecule has 2 rings (SSSR count). The number of ether oxygens (including phenoxy) is 1. The van der Waals surface area contributed by atoms with Crippen LogP contribution in [0.5, 0.6) is 0 Å². The van der Waals surface area contributed by atoms with E-state index in [-0.39, 0.29) is 24.8 Å². The fraction of sp³-hybridized carbons (Fsp3) is 0.500. The van der Waals surface area contributed by atoms with Crippen LogP contribution in [0.15, 0.2) is 22.7 Å². The van der Waals surface area contributed by atoms with Crippen molar-refractivity contribution in [3.8, 4) is 0 Å². The van der Waals surface area contributed by atoms with Crippen LogP contribution >= 0.6 is 15.9 Å². The number of nitrogens with one attached hydrogen (secondary N) is 1. The van der Waals surface area contributed by atoms with Crippen LogP contribution in [0.3, 0.4) is 0 Å². The first kappa shape index (κ1) is 15.4. The smallest absolute Gasteiger partial charge is 0.227 e. The zero-order chi connectivity index (χ0) is 14.6. The first-order valence-electron chi connectivity index (χ1n) is 6.57. The van der Waals surface area contributed by atoms with Gasteiger partial charge in [-0.3, -0.25) is 4.79 Å². The summed E-state index contributed by atoms with van der Waals surface area (Å²) in [5, 5.41) is 2.79. The zero-order valence-electron chi connectivity index (χ0n) is 11.1. The first-order chi connectivity index (χ1) is 9.57. The average Bonchev–Trinajstić information content (AvgIpc) is 2.48. The Hall–Kier alpha value is -0.980. The van der Waals surface area contributed by atoms with Crippen LogP contribution in [0.4, 0.5) is 4.39 Å². The maximum Gasteiger partial charge on any atom is 0.227 e. The second-order valence-electron chi connectivity index (χ2n) is 5.02. The standard InChI is InChI=1S/C14H18BrFN2O2/c15-11-1-2-12(16)10(7-11)8-18-13(19)14(9-17)3-5-20-6-4-14/h1-2,7H,3-6,8-9,17H2,(H,18,19). The summed E-state index contributed by atoms with van der Waals surface area (Å²) in [6.45, 7) is 1.52. The average molecular weight is 345 g/mol. The van der Waals surface area contributed by atoms with Crippen molar-refractivity contribution in [2.45, 2.75) is 19.4 Å². The molecule has 0 unspecified atom stereocenters. The summed E-state index contributed by atoms with van der Waals surface area (Å²) < 4.78 is 19.7. The van der Waals surface area contributed by atoms with Gasteiger partial charge in [-0.15, -0.1) is 0 Å². The number of nitrogens with two attached hydrogens (primary N) is 1. The molecule has 0 aliphatic carbocycles. The summed E-state index contributed by atoms with van der Waals surface area (Å²) in [7, 11) is 0. The molecule has 0 spiro atoms. The molecule has 0 aromatic heterocycles. The number of carbonyl (C=O) groups excluding carboxylic acids is 1. The maximum absolute atomic E-state index is 13.6. The molecule has 1 aromatic rings. The SMILES string of the molecule is NCC1(C(=O)NCc2cc(Br)ccc2F)CCOCC1. The van der Waals surface area contributed by atoms with Gasteiger partial charge in [0, 0.05) is 36.3 Å². The van der Waals surface area contributed by atoms with Crippen molar-refractivity contribution in [3.63, 3.8) is 0 Å². The van der Waals surface area contributed by atoms with Crippen LogP contribution in [0, 0.1) is 11.2 Å². The van der Waals surface area contributed by atoms with Gasteiger partial charge in [0.2, 0.25) is 5.91 Å². The summed E-state index contributed by atoms with van der Waals surface area (Å²) in [6.07, 6.45) is 1.21. The van der Waals surface area contributed by atoms with Crippen LogP contribution < -0.4 is 11.1 Å². The van der Waals surface area contributed by atoms with Crippen molar-refractivity contribution in [3.05, 3.63) is 34.1 Å². The zero-order valence-corrected chi connectivity index (χ0v) is 12.7. The van der Waals surface area contributed by atoms with Gasteiger partial charge in [0.05, 0.1) is 5.41 Å². The second-order valence-corrected chi connectivity index (χ2v) is 5.93. The van der Waals surface area contributed by atoms with E-state index in [9.17, 15) is 9.18 Å². The second kappa shape index (κ2) is 6.65. The molecule has 0 saturated carbocycles. The summed E-state index contributed by atoms with van der Waals surface area (Å²) in [4.78, 5) is 12.3. The minimum Gasteiger partial charge on any atom is -0.381 e. The normalized spacial score (nSPS) is 17.8. The third kappa shape index (κ3) is 3.37. The highest BCUT2D eigenvalue weighted by Gasteiger charge is 2.38. The van der Waals surface area contributed by atoms with E-state index in [1.807, 2.05) is 0 Å². The van der Waals surface area contributed by atoms with Gasteiger partial charge in [0.15, 0.2) is 0 Å². The maximum atomic E-state index is 13.6. The van der Waals surface area contributed by atoms with Crippen LogP contribution in [0.2, 0.25) is 0 Å². The van der Waals surface area contributed by atoms with E-state index in [0.717, 1.165) is 4.47 Å². The van der Waals surface area contributed by atoms with E-state index in [1.165, 1.54) is 6.07 Å². The molecule has 0 bridgehead atoms. The van der Waals surface area contributed by atoms with Crippen LogP contribution in [0.25, 0.3) is 0 Å². The highest BCUT2D eigenvalue weighted by Crippen LogP contribution is 2.29. The number of rotatable bonds is 4. The van der Waals surface area contributed by atoms with Gasteiger partial charge < -0.3 is 15.8 Å². The number of benzene rings is 1. The minimum atomic E-state index is -0.583. The largest absolute Gasteiger partial charge is 0.381 e. The van der Waals surface area contributed by atoms with Crippen LogP contribution in [-0.2, 0) is 16.1 Å². The molecule has 1 heterocycles. The highest BCUT2D eigenvalue weighted by molar-refractivity contribution is 9.10. The molecule has 110 valence electrons. The van der Waals surface area contributed by atoms with E-state index in [2.05, 4.69) is 21.2 Å². The van der Waals surface area contributed by atoms with Crippen molar-refractivity contribution in [2.24, 2.45) is 11.1 Å². The summed E-state index contributed by atoms with van der Waals surface area (Å²) >= 11 is 3.29. The summed E-state index contributed by atoms with van der Waals surface area (Å²) in [5.74, 6) is -0.454. The molecule has 20 heavy (non-hydrogen) atoms. The third-order valence-electron chi connectivity index (χ3n) is 3.77. The molecule has 1 aliphatic heterocycles. The molecular formula is C14H18BrFN2O2. The van der Waals surface area contributed by atoms with E-state index in [0.29, 0.717) is 31.6 Å². The Kier molecular flexibility index (Phi) is 5.12. The Morgan fingerprint density at radius 3 is 2.80 bits per heavy atom. The lowest BCUT2D eigenvalue weighted by Gasteiger charge is -2.34. The van der Waals surface area contributed by atoms with Crippen LogP contribution in [-0.4, -0.2) is 25.7 Å². The molecule has 4 nitrogen and oxygen atoms in total. The molecule has 1 saturated heterocycles. The molecule has 1 amide bonds. The topological polar surface area (TPSA) is 64.4 Å². The predicted octanol–water partition coefficient (Wildman–Crippen LogP) is 1.96. The van der Waals surface area contributed by atoms with Gasteiger partial charge in [-0.05, 0) is 31.0 Å². The number of hydrogen-bond acceptors (Lipinski definition) is 3. The van der Waals surface area contributed by atoms with Crippen LogP contribution in [0.1, 0.15) is 18.4 Å². The van der Waals surface area contributed by atoms with E-state index in [4.69, 9.17) is 10.5 Å². The summed E-state index contributed by atoms with van der Waals surface area (Å²) in [5.41, 5.74) is 5.63. The van der Waals surface area contributed by atoms with Gasteiger partial charge in [-0.1, -0.05) is 15.9 Å². The lowest BCUT2D eigenvalue weighted by atomic mass is 9.79. The van der Waals surface area contributed by atoms with E-state index in [1.54, 1.807) is 12.1 Å². The van der Waals surface area contributed by atoms with Crippen molar-refractivity contribution >= 4 is 21.8 Å². The predicted molar refractivity (Wildman–Crippen MR) is 77.5 cm³/mol. The van der Waals surface area contributed by atoms with Gasteiger partial charge in [0.25, 0.3) is 0 Å². The van der Waals surface area contributed by atoms with Gasteiger partial charge in [-0.25, -0.2) is 4.39 Å². The lowest BCUT2D eigenvalue weighted by Crippen LogP contribution is -2.49. The van der Waals surface area contributed by atoms with Gasteiger partial charge in [-0.2, -0.15) is 0 Å². The fourth-order valence-corrected chi connectivity index (χ4v) is 2.74. The molecule has 0 atom stereocenters. The molecule has 1 aromatic carbocycles. The van der Waals surface area contributed by atoms with E-state index < -0.39 is 5.41 Å². The fourth-order valence-electron chi connectivity index (χ4n) is 2.33. The van der Waals surface area contributed by atoms with Crippen molar-refractivity contribution < 1.29 is 13.9 Å². The van der Waals surface area contributed by atoms with Gasteiger partial charge in [0.1, 0.15) is 5.82 Å². The minimum absolute atomic E-state index is 0.123. The summed E-state index contributed by atoms with van der Waals surface area (Å²) in [6, 6.07) is 4.66. The molecule has 1 fully saturated rings. The quantitative estimate of drug-likeness (QED) is 0.877. The van der Waals surface area contributed by atoms with E-state index >= 15 is 0 Å². The number of carbonyl (C=O) groups is 1. The Labute approximate surface area is 126 Å². The number of halogens is 2. The molecular weight excluding hydrogens is 327 g/mol. The highest BCUT2D eigenvalue weighted by atomic mass is 79.9. The Morgan fingerprint density at radius 2 is 2.15 bits per heavy atom. The Balaban J connectivity index is 2.02. The molecule has 1 aliphatic rings. The monoisotopic (exact) mass is 344 g/mol. The van der Waals surface area contributed by atoms with Crippen molar-refractivity contribution in [1.29, 1.82) is 0 Å². The van der Waals surface area contributed by atoms with Gasteiger partial charge >= 0.3 is 0 Å². The molecule has 0 radical (unpaired) electrons.